The van der Waals surface area contributed by atoms with Crippen molar-refractivity contribution in [2.75, 3.05) is 0 Å². The first-order valence-electron chi connectivity index (χ1n) is 6.32. The molecule has 0 aliphatic heterocycles. The second kappa shape index (κ2) is 2.32. The molecule has 0 N–H and O–H groups in total. The third kappa shape index (κ3) is 1.42. The van der Waals surface area contributed by atoms with Crippen molar-refractivity contribution in [2.24, 2.45) is 6.98 Å². The van der Waals surface area contributed by atoms with E-state index in [1.165, 1.54) is 0 Å². The predicted molar refractivity (Wildman–Crippen MR) is 44.4 cm³/mol. The molecule has 1 aromatic rings. The summed E-state index contributed by atoms with van der Waals surface area (Å²) in [6, 6.07) is 0. The molecule has 0 atom stereocenters. The van der Waals surface area contributed by atoms with Crippen molar-refractivity contribution in [3.05, 3.63) is 11.6 Å². The minimum Gasteiger partial charge on any atom is -0.318 e. The normalized spacial score (nSPS) is 22.5. The van der Waals surface area contributed by atoms with Gasteiger partial charge in [0.05, 0.1) is 0 Å². The number of aryl methyl sites for hydroxylation is 1. The Balaban J connectivity index is 3.53. The van der Waals surface area contributed by atoms with Gasteiger partial charge in [0.25, 0.3) is 0 Å². The molecule has 0 bridgehead atoms. The van der Waals surface area contributed by atoms with Crippen molar-refractivity contribution in [1.29, 1.82) is 0 Å². The Morgan fingerprint density at radius 3 is 2.55 bits per heavy atom. The highest BCUT2D eigenvalue weighted by Gasteiger charge is 2.20. The maximum Gasteiger partial charge on any atom is 0.138 e. The van der Waals surface area contributed by atoms with Crippen LogP contribution in [0.15, 0.2) is 0 Å². The lowest BCUT2D eigenvalue weighted by Gasteiger charge is -2.16. The lowest BCUT2D eigenvalue weighted by atomic mass is 9.96. The highest BCUT2D eigenvalue weighted by Crippen LogP contribution is 2.19. The number of hydrogen-bond donors (Lipinski definition) is 0. The Morgan fingerprint density at radius 1 is 1.36 bits per heavy atom. The molecule has 0 saturated heterocycles. The molecule has 1 aromatic heterocycles. The highest BCUT2D eigenvalue weighted by atomic mass is 15.3. The largest absolute Gasteiger partial charge is 0.318 e. The van der Waals surface area contributed by atoms with Gasteiger partial charge >= 0.3 is 0 Å². The van der Waals surface area contributed by atoms with E-state index in [9.17, 15) is 0 Å². The fourth-order valence-corrected chi connectivity index (χ4v) is 0.770. The van der Waals surface area contributed by atoms with Gasteiger partial charge in [-0.2, -0.15) is 0 Å². The molecule has 0 aliphatic carbocycles. The molecule has 3 heteroatoms. The van der Waals surface area contributed by atoms with E-state index in [0.717, 1.165) is 4.57 Å². The van der Waals surface area contributed by atoms with E-state index in [4.69, 9.17) is 8.22 Å². The lowest BCUT2D eigenvalue weighted by molar-refractivity contribution is 0.518. The zero-order valence-electron chi connectivity index (χ0n) is 12.8. The molecule has 0 unspecified atom stereocenters. The molecule has 0 radical (unpaired) electrons. The van der Waals surface area contributed by atoms with E-state index >= 15 is 0 Å². The molecule has 0 amide bonds. The van der Waals surface area contributed by atoms with Crippen LogP contribution in [0.1, 0.15) is 40.6 Å². The fraction of sp³-hybridized carbons (Fsp3) is 0.750. The summed E-state index contributed by atoms with van der Waals surface area (Å²) >= 11 is 0. The second-order valence-corrected chi connectivity index (χ2v) is 3.43. The van der Waals surface area contributed by atoms with Crippen LogP contribution < -0.4 is 0 Å². The Kier molecular flexibility index (Phi) is 0.687. The first-order valence-corrected chi connectivity index (χ1v) is 3.32. The van der Waals surface area contributed by atoms with E-state index in [2.05, 4.69) is 10.2 Å². The van der Waals surface area contributed by atoms with E-state index < -0.39 is 25.1 Å². The van der Waals surface area contributed by atoms with Crippen LogP contribution in [0.2, 0.25) is 0 Å². The van der Waals surface area contributed by atoms with Crippen molar-refractivity contribution in [2.45, 2.75) is 33.0 Å². The minimum atomic E-state index is -2.60. The number of rotatable bonds is 0. The van der Waals surface area contributed by atoms with Crippen LogP contribution in [0.25, 0.3) is 0 Å². The summed E-state index contributed by atoms with van der Waals surface area (Å²) < 4.78 is 44.7. The SMILES string of the molecule is [2H]C([2H])([2H])c1nnc(C(C)(C)C)n1C([2H])([2H])[2H]. The van der Waals surface area contributed by atoms with Gasteiger partial charge in [-0.3, -0.25) is 0 Å². The molecule has 1 heterocycles. The summed E-state index contributed by atoms with van der Waals surface area (Å²) in [6.07, 6.45) is 0. The first-order chi connectivity index (χ1) is 7.35. The number of aromatic nitrogens is 3. The number of hydrogen-bond acceptors (Lipinski definition) is 2. The van der Waals surface area contributed by atoms with Gasteiger partial charge in [-0.1, -0.05) is 20.8 Å². The molecule has 0 aliphatic rings. The summed E-state index contributed by atoms with van der Waals surface area (Å²) in [7, 11) is 0. The van der Waals surface area contributed by atoms with E-state index in [1.807, 2.05) is 0 Å². The summed E-state index contributed by atoms with van der Waals surface area (Å²) in [4.78, 5) is 0. The minimum absolute atomic E-state index is 0.142. The monoisotopic (exact) mass is 159 g/mol. The van der Waals surface area contributed by atoms with E-state index in [1.54, 1.807) is 20.8 Å². The van der Waals surface area contributed by atoms with Gasteiger partial charge in [0.15, 0.2) is 0 Å². The Bertz CT molecular complexity index is 377. The average molecular weight is 159 g/mol. The van der Waals surface area contributed by atoms with Gasteiger partial charge in [0, 0.05) is 20.6 Å². The molecule has 0 spiro atoms. The van der Waals surface area contributed by atoms with Crippen molar-refractivity contribution >= 4 is 0 Å². The molecule has 0 saturated carbocycles. The van der Waals surface area contributed by atoms with Crippen molar-refractivity contribution < 1.29 is 8.22 Å². The molecular weight excluding hydrogens is 138 g/mol. The quantitative estimate of drug-likeness (QED) is 0.573. The van der Waals surface area contributed by atoms with Crippen molar-refractivity contribution in [3.63, 3.8) is 0 Å². The molecule has 0 fully saturated rings. The van der Waals surface area contributed by atoms with Crippen LogP contribution >= 0.6 is 0 Å². The van der Waals surface area contributed by atoms with Gasteiger partial charge in [-0.25, -0.2) is 0 Å². The number of nitrogens with zero attached hydrogens (tertiary/aromatic N) is 3. The predicted octanol–water partition coefficient (Wildman–Crippen LogP) is 1.42. The standard InChI is InChI=1S/C8H15N3/c1-6-9-10-7(11(6)5)8(2,3)4/h1-5H3/i1D3,5D3. The topological polar surface area (TPSA) is 30.7 Å². The Morgan fingerprint density at radius 2 is 2.09 bits per heavy atom. The lowest BCUT2D eigenvalue weighted by Crippen LogP contribution is -2.17. The van der Waals surface area contributed by atoms with Crippen LogP contribution in [0.4, 0.5) is 0 Å². The maximum absolute atomic E-state index is 7.40. The zero-order valence-corrected chi connectivity index (χ0v) is 6.84. The smallest absolute Gasteiger partial charge is 0.138 e. The van der Waals surface area contributed by atoms with Crippen LogP contribution in [-0.2, 0) is 12.4 Å². The van der Waals surface area contributed by atoms with Crippen molar-refractivity contribution in [3.8, 4) is 0 Å². The summed E-state index contributed by atoms with van der Waals surface area (Å²) in [5.41, 5.74) is -0.592. The molecule has 3 nitrogen and oxygen atoms in total. The molecule has 62 valence electrons. The van der Waals surface area contributed by atoms with Gasteiger partial charge in [0.1, 0.15) is 11.6 Å². The summed E-state index contributed by atoms with van der Waals surface area (Å²) in [6.45, 7) is 0.0639. The highest BCUT2D eigenvalue weighted by molar-refractivity contribution is 5.03. The van der Waals surface area contributed by atoms with Crippen LogP contribution in [-0.4, -0.2) is 14.8 Å². The Hall–Kier alpha value is -0.860. The van der Waals surface area contributed by atoms with Crippen LogP contribution in [0.3, 0.4) is 0 Å². The summed E-state index contributed by atoms with van der Waals surface area (Å²) in [5, 5.41) is 7.22. The second-order valence-electron chi connectivity index (χ2n) is 3.43. The van der Waals surface area contributed by atoms with Gasteiger partial charge in [0.2, 0.25) is 0 Å². The summed E-state index contributed by atoms with van der Waals surface area (Å²) in [5.74, 6) is -0.356. The van der Waals surface area contributed by atoms with Gasteiger partial charge in [-0.15, -0.1) is 10.2 Å². The van der Waals surface area contributed by atoms with Gasteiger partial charge < -0.3 is 4.57 Å². The molecular formula is C8H15N3. The Labute approximate surface area is 75.9 Å². The zero-order chi connectivity index (χ0) is 13.6. The first kappa shape index (κ1) is 3.25. The third-order valence-electron chi connectivity index (χ3n) is 1.33. The average Bonchev–Trinajstić information content (AvgIpc) is 2.42. The van der Waals surface area contributed by atoms with Crippen LogP contribution in [0.5, 0.6) is 0 Å². The van der Waals surface area contributed by atoms with Crippen molar-refractivity contribution in [1.82, 2.24) is 14.8 Å². The maximum atomic E-state index is 7.40. The molecule has 1 rings (SSSR count). The van der Waals surface area contributed by atoms with E-state index in [0.29, 0.717) is 0 Å². The van der Waals surface area contributed by atoms with E-state index in [-0.39, 0.29) is 5.82 Å². The fourth-order valence-electron chi connectivity index (χ4n) is 0.770. The molecule has 11 heavy (non-hydrogen) atoms. The van der Waals surface area contributed by atoms with Gasteiger partial charge in [-0.05, 0) is 6.85 Å². The molecule has 0 aromatic carbocycles. The third-order valence-corrected chi connectivity index (χ3v) is 1.33. The van der Waals surface area contributed by atoms with Crippen LogP contribution in [0, 0.1) is 6.85 Å².